The van der Waals surface area contributed by atoms with Crippen LogP contribution in [0.5, 0.6) is 0 Å². The number of hydrogen-bond donors (Lipinski definition) is 3. The largest absolute Gasteiger partial charge is 0.408 e. The van der Waals surface area contributed by atoms with E-state index in [-0.39, 0.29) is 29.2 Å². The first-order valence-corrected chi connectivity index (χ1v) is 14.2. The van der Waals surface area contributed by atoms with Crippen molar-refractivity contribution in [3.8, 4) is 16.8 Å². The smallest absolute Gasteiger partial charge is 0.320 e. The summed E-state index contributed by atoms with van der Waals surface area (Å²) in [7, 11) is 0. The third kappa shape index (κ3) is 5.89. The summed E-state index contributed by atoms with van der Waals surface area (Å²) in [6, 6.07) is 15.2. The maximum atomic E-state index is 14.4. The molecule has 2 atom stereocenters. The molecule has 13 heteroatoms. The Labute approximate surface area is 252 Å². The van der Waals surface area contributed by atoms with Gasteiger partial charge in [0, 0.05) is 30.3 Å². The number of nitrogens with zero attached hydrogens (tertiary/aromatic N) is 6. The van der Waals surface area contributed by atoms with Gasteiger partial charge in [-0.1, -0.05) is 41.9 Å². The fraction of sp³-hybridized carbons (Fsp3) is 0.258. The highest BCUT2D eigenvalue weighted by atomic mass is 19.1. The lowest BCUT2D eigenvalue weighted by Crippen LogP contribution is -2.30. The van der Waals surface area contributed by atoms with Gasteiger partial charge in [0.05, 0.1) is 23.1 Å². The number of benzene rings is 2. The molecule has 0 fully saturated rings. The number of nitrogens with one attached hydrogen (secondary N) is 3. The fourth-order valence-electron chi connectivity index (χ4n) is 5.18. The van der Waals surface area contributed by atoms with Crippen LogP contribution in [0.15, 0.2) is 65.2 Å². The van der Waals surface area contributed by atoms with E-state index in [1.807, 2.05) is 37.3 Å². The normalized spacial score (nSPS) is 16.7. The van der Waals surface area contributed by atoms with Crippen LogP contribution >= 0.6 is 0 Å². The van der Waals surface area contributed by atoms with Crippen LogP contribution in [0.1, 0.15) is 60.0 Å². The number of carbonyl (C=O) groups excluding carboxylic acids is 2. The lowest BCUT2D eigenvalue weighted by Gasteiger charge is -2.22. The van der Waals surface area contributed by atoms with Crippen molar-refractivity contribution < 1.29 is 18.4 Å². The number of amides is 2. The van der Waals surface area contributed by atoms with E-state index in [0.29, 0.717) is 47.9 Å². The van der Waals surface area contributed by atoms with Crippen LogP contribution in [0, 0.1) is 25.6 Å². The Kier molecular flexibility index (Phi) is 7.84. The Balaban J connectivity index is 1.32. The molecule has 3 N–H and O–H groups in total. The summed E-state index contributed by atoms with van der Waals surface area (Å²) >= 11 is 0. The molecule has 0 saturated heterocycles. The molecule has 44 heavy (non-hydrogen) atoms. The van der Waals surface area contributed by atoms with Crippen molar-refractivity contribution in [2.75, 3.05) is 10.6 Å². The van der Waals surface area contributed by atoms with Crippen LogP contribution in [0.2, 0.25) is 0 Å². The number of fused-ring (bicyclic) bond motifs is 4. The quantitative estimate of drug-likeness (QED) is 0.241. The summed E-state index contributed by atoms with van der Waals surface area (Å²) in [5.74, 6) is -0.904. The Morgan fingerprint density at radius 2 is 1.91 bits per heavy atom. The number of anilines is 3. The molecule has 12 nitrogen and oxygen atoms in total. The van der Waals surface area contributed by atoms with Crippen molar-refractivity contribution in [1.82, 2.24) is 35.5 Å². The second-order valence-corrected chi connectivity index (χ2v) is 10.7. The molecule has 3 aromatic heterocycles. The third-order valence-corrected chi connectivity index (χ3v) is 7.58. The van der Waals surface area contributed by atoms with Crippen LogP contribution in [-0.2, 0) is 4.79 Å². The summed E-state index contributed by atoms with van der Waals surface area (Å²) in [5, 5.41) is 25.1. The lowest BCUT2D eigenvalue weighted by atomic mass is 9.95. The predicted molar refractivity (Wildman–Crippen MR) is 160 cm³/mol. The summed E-state index contributed by atoms with van der Waals surface area (Å²) in [6.45, 7) is 5.24. The van der Waals surface area contributed by atoms with Gasteiger partial charge < -0.3 is 20.4 Å². The van der Waals surface area contributed by atoms with Crippen LogP contribution in [0.25, 0.3) is 16.8 Å². The van der Waals surface area contributed by atoms with Gasteiger partial charge in [-0.05, 0) is 61.7 Å². The Morgan fingerprint density at radius 3 is 2.70 bits per heavy atom. The number of para-hydroxylation sites is 1. The Bertz CT molecular complexity index is 1850. The topological polar surface area (TPSA) is 153 Å². The van der Waals surface area contributed by atoms with Crippen molar-refractivity contribution in [1.29, 1.82) is 0 Å². The number of aryl methyl sites for hydroxylation is 1. The molecule has 6 rings (SSSR count). The van der Waals surface area contributed by atoms with E-state index in [1.54, 1.807) is 38.2 Å². The van der Waals surface area contributed by atoms with Gasteiger partial charge in [0.2, 0.25) is 11.8 Å². The molecule has 4 heterocycles. The van der Waals surface area contributed by atoms with Crippen molar-refractivity contribution in [2.45, 2.75) is 46.1 Å². The fourth-order valence-corrected chi connectivity index (χ4v) is 5.18. The van der Waals surface area contributed by atoms with Crippen LogP contribution in [-0.4, -0.2) is 42.0 Å². The molecule has 5 aromatic rings. The standard InChI is InChI=1S/C31H30FN9O3/c1-17-7-6-9-24(35-30(43)28-18(2)41(40-38-28)27-10-5-4-8-23(27)32)26-15-20(13-14-33-26)22-12-11-21(16-25(22)36-29(17)42)34-31-39-37-19(3)44-31/h4-5,8,10-17,24H,6-7,9H2,1-3H3,(H,34,39)(H,35,43)(H,36,42). The zero-order chi connectivity index (χ0) is 30.8. The molecule has 0 saturated carbocycles. The highest BCUT2D eigenvalue weighted by Crippen LogP contribution is 2.34. The van der Waals surface area contributed by atoms with Gasteiger partial charge in [-0.3, -0.25) is 14.6 Å². The average Bonchev–Trinajstić information content (AvgIpc) is 3.60. The summed E-state index contributed by atoms with van der Waals surface area (Å²) < 4.78 is 21.2. The van der Waals surface area contributed by atoms with Gasteiger partial charge >= 0.3 is 6.01 Å². The molecule has 1 aliphatic rings. The molecule has 1 aliphatic heterocycles. The first kappa shape index (κ1) is 28.6. The van der Waals surface area contributed by atoms with E-state index in [4.69, 9.17) is 4.42 Å². The summed E-state index contributed by atoms with van der Waals surface area (Å²) in [5.41, 5.74) is 4.19. The summed E-state index contributed by atoms with van der Waals surface area (Å²) in [4.78, 5) is 31.3. The van der Waals surface area contributed by atoms with Crippen molar-refractivity contribution in [2.24, 2.45) is 5.92 Å². The van der Waals surface area contributed by atoms with E-state index < -0.39 is 17.8 Å². The van der Waals surface area contributed by atoms with Gasteiger partial charge in [-0.15, -0.1) is 10.2 Å². The van der Waals surface area contributed by atoms with Gasteiger partial charge in [0.15, 0.2) is 5.69 Å². The first-order chi connectivity index (χ1) is 21.3. The first-order valence-electron chi connectivity index (χ1n) is 14.2. The lowest BCUT2D eigenvalue weighted by molar-refractivity contribution is -0.119. The number of halogens is 1. The van der Waals surface area contributed by atoms with E-state index in [0.717, 1.165) is 11.1 Å². The van der Waals surface area contributed by atoms with E-state index in [1.165, 1.54) is 10.7 Å². The van der Waals surface area contributed by atoms with E-state index in [9.17, 15) is 14.0 Å². The molecular formula is C31H30FN9O3. The third-order valence-electron chi connectivity index (χ3n) is 7.58. The van der Waals surface area contributed by atoms with E-state index in [2.05, 4.69) is 41.4 Å². The number of carbonyl (C=O) groups is 2. The molecule has 2 amide bonds. The van der Waals surface area contributed by atoms with Crippen molar-refractivity contribution in [3.63, 3.8) is 0 Å². The number of pyridine rings is 1. The molecule has 2 aromatic carbocycles. The van der Waals surface area contributed by atoms with Crippen molar-refractivity contribution in [3.05, 3.63) is 89.6 Å². The molecular weight excluding hydrogens is 565 g/mol. The zero-order valence-electron chi connectivity index (χ0n) is 24.3. The predicted octanol–water partition coefficient (Wildman–Crippen LogP) is 5.44. The van der Waals surface area contributed by atoms with Gasteiger partial charge in [0.25, 0.3) is 5.91 Å². The van der Waals surface area contributed by atoms with Gasteiger partial charge in [-0.25, -0.2) is 9.07 Å². The summed E-state index contributed by atoms with van der Waals surface area (Å²) in [6.07, 6.45) is 3.46. The molecule has 2 bridgehead atoms. The number of hydrogen-bond acceptors (Lipinski definition) is 9. The molecule has 0 spiro atoms. The van der Waals surface area contributed by atoms with Crippen molar-refractivity contribution >= 4 is 29.2 Å². The van der Waals surface area contributed by atoms with Gasteiger partial charge in [-0.2, -0.15) is 0 Å². The Morgan fingerprint density at radius 1 is 1.07 bits per heavy atom. The van der Waals surface area contributed by atoms with Crippen LogP contribution in [0.3, 0.4) is 0 Å². The SMILES string of the molecule is Cc1nnc(Nc2ccc3c(c2)NC(=O)C(C)CCCC(NC(=O)c2nnn(-c4ccccc4F)c2C)c2cc-3ccn2)o1. The average molecular weight is 596 g/mol. The maximum absolute atomic E-state index is 14.4. The number of rotatable bonds is 5. The second-order valence-electron chi connectivity index (χ2n) is 10.7. The van der Waals surface area contributed by atoms with E-state index >= 15 is 0 Å². The Hall–Kier alpha value is -5.46. The second kappa shape index (κ2) is 12.0. The highest BCUT2D eigenvalue weighted by Gasteiger charge is 2.25. The highest BCUT2D eigenvalue weighted by molar-refractivity contribution is 5.97. The minimum atomic E-state index is -0.473. The maximum Gasteiger partial charge on any atom is 0.320 e. The van der Waals surface area contributed by atoms with Crippen LogP contribution in [0.4, 0.5) is 21.8 Å². The minimum Gasteiger partial charge on any atom is -0.408 e. The molecule has 2 unspecified atom stereocenters. The number of aromatic nitrogens is 6. The zero-order valence-corrected chi connectivity index (χ0v) is 24.3. The molecule has 0 radical (unpaired) electrons. The van der Waals surface area contributed by atoms with Gasteiger partial charge in [0.1, 0.15) is 11.5 Å². The monoisotopic (exact) mass is 595 g/mol. The minimum absolute atomic E-state index is 0.0880. The van der Waals surface area contributed by atoms with Crippen LogP contribution < -0.4 is 16.0 Å². The molecule has 224 valence electrons. The molecule has 0 aliphatic carbocycles.